The van der Waals surface area contributed by atoms with Crippen molar-refractivity contribution in [3.05, 3.63) is 39.9 Å². The highest BCUT2D eigenvalue weighted by Gasteiger charge is 2.18. The monoisotopic (exact) mass is 277 g/mol. The fourth-order valence-corrected chi connectivity index (χ4v) is 2.04. The van der Waals surface area contributed by atoms with Crippen molar-refractivity contribution in [3.8, 4) is 0 Å². The number of amides is 2. The van der Waals surface area contributed by atoms with Crippen LogP contribution in [0.1, 0.15) is 12.0 Å². The highest BCUT2D eigenvalue weighted by molar-refractivity contribution is 5.81. The predicted molar refractivity (Wildman–Crippen MR) is 71.0 cm³/mol. The molecule has 2 rings (SSSR count). The Bertz CT molecular complexity index is 527. The Morgan fingerprint density at radius 2 is 2.00 bits per heavy atom. The summed E-state index contributed by atoms with van der Waals surface area (Å²) in [4.78, 5) is 35.0. The molecule has 106 valence electrons. The number of nitro benzene ring substituents is 1. The number of carbonyl (C=O) groups is 2. The van der Waals surface area contributed by atoms with Crippen LogP contribution in [0.4, 0.5) is 5.69 Å². The van der Waals surface area contributed by atoms with Gasteiger partial charge in [0.05, 0.1) is 11.3 Å². The second-order valence-electron chi connectivity index (χ2n) is 4.58. The molecular weight excluding hydrogens is 262 g/mol. The molecule has 2 amide bonds. The first-order valence-electron chi connectivity index (χ1n) is 6.34. The normalized spacial score (nSPS) is 15.4. The maximum absolute atomic E-state index is 12.1. The number of rotatable bonds is 3. The van der Waals surface area contributed by atoms with Crippen molar-refractivity contribution in [2.45, 2.75) is 12.8 Å². The summed E-state index contributed by atoms with van der Waals surface area (Å²) in [5.74, 6) is -0.119. The SMILES string of the molecule is O=C1CCN(C(=O)Cc2ccc([N+](=O)[O-])cc2)CCN1. The number of nitro groups is 1. The number of carbonyl (C=O) groups excluding carboxylic acids is 2. The van der Waals surface area contributed by atoms with Crippen molar-refractivity contribution >= 4 is 17.5 Å². The van der Waals surface area contributed by atoms with Gasteiger partial charge < -0.3 is 10.2 Å². The molecule has 7 heteroatoms. The molecule has 1 heterocycles. The third-order valence-corrected chi connectivity index (χ3v) is 3.17. The van der Waals surface area contributed by atoms with Crippen LogP contribution in [-0.2, 0) is 16.0 Å². The van der Waals surface area contributed by atoms with Gasteiger partial charge in [-0.15, -0.1) is 0 Å². The number of nitrogens with one attached hydrogen (secondary N) is 1. The minimum absolute atomic E-state index is 0.00534. The molecule has 0 radical (unpaired) electrons. The molecule has 1 aliphatic rings. The van der Waals surface area contributed by atoms with Crippen LogP contribution >= 0.6 is 0 Å². The standard InChI is InChI=1S/C13H15N3O4/c17-12-5-7-15(8-6-14-12)13(18)9-10-1-3-11(4-2-10)16(19)20/h1-4H,5-9H2,(H,14,17). The molecule has 20 heavy (non-hydrogen) atoms. The molecule has 0 spiro atoms. The van der Waals surface area contributed by atoms with Crippen LogP contribution in [0.2, 0.25) is 0 Å². The lowest BCUT2D eigenvalue weighted by molar-refractivity contribution is -0.384. The Kier molecular flexibility index (Phi) is 4.29. The summed E-state index contributed by atoms with van der Waals surface area (Å²) >= 11 is 0. The zero-order chi connectivity index (χ0) is 14.5. The quantitative estimate of drug-likeness (QED) is 0.642. The van der Waals surface area contributed by atoms with Crippen LogP contribution in [0, 0.1) is 10.1 Å². The van der Waals surface area contributed by atoms with Crippen molar-refractivity contribution in [1.29, 1.82) is 0 Å². The molecule has 0 aromatic heterocycles. The van der Waals surface area contributed by atoms with Gasteiger partial charge in [0.15, 0.2) is 0 Å². The summed E-state index contributed by atoms with van der Waals surface area (Å²) in [5, 5.41) is 13.2. The fourth-order valence-electron chi connectivity index (χ4n) is 2.04. The summed E-state index contributed by atoms with van der Waals surface area (Å²) in [6.07, 6.45) is 0.498. The third-order valence-electron chi connectivity index (χ3n) is 3.17. The number of benzene rings is 1. The molecule has 1 N–H and O–H groups in total. The van der Waals surface area contributed by atoms with Crippen molar-refractivity contribution in [2.75, 3.05) is 19.6 Å². The molecule has 0 aliphatic carbocycles. The Morgan fingerprint density at radius 3 is 2.65 bits per heavy atom. The summed E-state index contributed by atoms with van der Waals surface area (Å²) in [6.45, 7) is 1.38. The smallest absolute Gasteiger partial charge is 0.269 e. The molecule has 1 aromatic carbocycles. The summed E-state index contributed by atoms with van der Waals surface area (Å²) in [6, 6.07) is 5.93. The Hall–Kier alpha value is -2.44. The first kappa shape index (κ1) is 14.0. The Labute approximate surface area is 115 Å². The second-order valence-corrected chi connectivity index (χ2v) is 4.58. The lowest BCUT2D eigenvalue weighted by Crippen LogP contribution is -2.35. The summed E-state index contributed by atoms with van der Waals surface area (Å²) < 4.78 is 0. The van der Waals surface area contributed by atoms with E-state index in [0.717, 1.165) is 5.56 Å². The molecule has 0 saturated carbocycles. The van der Waals surface area contributed by atoms with Crippen LogP contribution in [0.15, 0.2) is 24.3 Å². The topological polar surface area (TPSA) is 92.5 Å². The van der Waals surface area contributed by atoms with E-state index in [-0.39, 0.29) is 23.9 Å². The van der Waals surface area contributed by atoms with Crippen molar-refractivity contribution < 1.29 is 14.5 Å². The highest BCUT2D eigenvalue weighted by Crippen LogP contribution is 2.13. The van der Waals surface area contributed by atoms with E-state index in [1.165, 1.54) is 12.1 Å². The largest absolute Gasteiger partial charge is 0.354 e. The lowest BCUT2D eigenvalue weighted by Gasteiger charge is -2.19. The van der Waals surface area contributed by atoms with Gasteiger partial charge >= 0.3 is 0 Å². The molecular formula is C13H15N3O4. The van der Waals surface area contributed by atoms with E-state index in [9.17, 15) is 19.7 Å². The van der Waals surface area contributed by atoms with Crippen LogP contribution in [0.25, 0.3) is 0 Å². The van der Waals surface area contributed by atoms with Gasteiger partial charge in [-0.2, -0.15) is 0 Å². The van der Waals surface area contributed by atoms with Crippen molar-refractivity contribution in [2.24, 2.45) is 0 Å². The summed E-state index contributed by atoms with van der Waals surface area (Å²) in [5.41, 5.74) is 0.731. The van der Waals surface area contributed by atoms with Crippen LogP contribution in [-0.4, -0.2) is 41.3 Å². The maximum Gasteiger partial charge on any atom is 0.269 e. The van der Waals surface area contributed by atoms with Gasteiger partial charge in [0, 0.05) is 38.2 Å². The van der Waals surface area contributed by atoms with E-state index in [0.29, 0.717) is 26.1 Å². The fraction of sp³-hybridized carbons (Fsp3) is 0.385. The van der Waals surface area contributed by atoms with E-state index in [1.54, 1.807) is 17.0 Å². The molecule has 1 saturated heterocycles. The predicted octanol–water partition coefficient (Wildman–Crippen LogP) is 0.486. The highest BCUT2D eigenvalue weighted by atomic mass is 16.6. The third kappa shape index (κ3) is 3.53. The second kappa shape index (κ2) is 6.14. The number of nitrogens with zero attached hydrogens (tertiary/aromatic N) is 2. The number of non-ortho nitro benzene ring substituents is 1. The first-order valence-corrected chi connectivity index (χ1v) is 6.34. The Balaban J connectivity index is 1.96. The van der Waals surface area contributed by atoms with Gasteiger partial charge in [-0.3, -0.25) is 19.7 Å². The molecule has 1 fully saturated rings. The van der Waals surface area contributed by atoms with Gasteiger partial charge in [0.2, 0.25) is 11.8 Å². The first-order chi connectivity index (χ1) is 9.56. The van der Waals surface area contributed by atoms with Gasteiger partial charge in [-0.05, 0) is 5.56 Å². The molecule has 1 aliphatic heterocycles. The van der Waals surface area contributed by atoms with E-state index in [2.05, 4.69) is 5.32 Å². The van der Waals surface area contributed by atoms with Gasteiger partial charge in [-0.1, -0.05) is 12.1 Å². The van der Waals surface area contributed by atoms with Gasteiger partial charge in [-0.25, -0.2) is 0 Å². The van der Waals surface area contributed by atoms with E-state index < -0.39 is 4.92 Å². The zero-order valence-corrected chi connectivity index (χ0v) is 10.9. The van der Waals surface area contributed by atoms with Gasteiger partial charge in [0.25, 0.3) is 5.69 Å². The molecule has 0 unspecified atom stereocenters. The van der Waals surface area contributed by atoms with Crippen LogP contribution in [0.3, 0.4) is 0 Å². The van der Waals surface area contributed by atoms with Crippen LogP contribution < -0.4 is 5.32 Å². The number of hydrogen-bond acceptors (Lipinski definition) is 4. The Morgan fingerprint density at radius 1 is 1.30 bits per heavy atom. The van der Waals surface area contributed by atoms with E-state index >= 15 is 0 Å². The van der Waals surface area contributed by atoms with E-state index in [4.69, 9.17) is 0 Å². The minimum atomic E-state index is -0.475. The van der Waals surface area contributed by atoms with Crippen LogP contribution in [0.5, 0.6) is 0 Å². The molecule has 1 aromatic rings. The molecule has 0 bridgehead atoms. The molecule has 7 nitrogen and oxygen atoms in total. The lowest BCUT2D eigenvalue weighted by atomic mass is 10.1. The molecule has 0 atom stereocenters. The van der Waals surface area contributed by atoms with Gasteiger partial charge in [0.1, 0.15) is 0 Å². The average molecular weight is 277 g/mol. The minimum Gasteiger partial charge on any atom is -0.354 e. The average Bonchev–Trinajstić information content (AvgIpc) is 2.64. The summed E-state index contributed by atoms with van der Waals surface area (Å²) in [7, 11) is 0. The number of hydrogen-bond donors (Lipinski definition) is 1. The van der Waals surface area contributed by atoms with E-state index in [1.807, 2.05) is 0 Å². The zero-order valence-electron chi connectivity index (χ0n) is 10.9. The maximum atomic E-state index is 12.1. The van der Waals surface area contributed by atoms with Crippen molar-refractivity contribution in [1.82, 2.24) is 10.2 Å². The van der Waals surface area contributed by atoms with Crippen molar-refractivity contribution in [3.63, 3.8) is 0 Å².